The lowest BCUT2D eigenvalue weighted by Crippen LogP contribution is -2.42. The Bertz CT molecular complexity index is 620. The molecule has 22 heavy (non-hydrogen) atoms. The fourth-order valence-electron chi connectivity index (χ4n) is 1.35. The van der Waals surface area contributed by atoms with Crippen LogP contribution in [0.3, 0.4) is 0 Å². The van der Waals surface area contributed by atoms with E-state index in [2.05, 4.69) is 4.74 Å². The third-order valence-corrected chi connectivity index (χ3v) is 2.44. The molecule has 0 saturated heterocycles. The van der Waals surface area contributed by atoms with E-state index in [1.807, 2.05) is 0 Å². The molecule has 2 atom stereocenters. The van der Waals surface area contributed by atoms with Crippen LogP contribution in [-0.2, 0) is 19.1 Å². The molecular weight excluding hydrogens is 300 g/mol. The number of aliphatic carboxylic acids is 2. The summed E-state index contributed by atoms with van der Waals surface area (Å²) >= 11 is 0. The number of carboxylic acid groups (broad SMARTS) is 2. The normalized spacial score (nSPS) is 13.5. The number of aromatic hydroxyl groups is 2. The summed E-state index contributed by atoms with van der Waals surface area (Å²) in [7, 11) is 0. The summed E-state index contributed by atoms with van der Waals surface area (Å²) in [6, 6.07) is 3.63. The van der Waals surface area contributed by atoms with E-state index in [-0.39, 0.29) is 11.3 Å². The van der Waals surface area contributed by atoms with Gasteiger partial charge in [-0.25, -0.2) is 14.4 Å². The van der Waals surface area contributed by atoms with Crippen molar-refractivity contribution in [3.05, 3.63) is 29.8 Å². The lowest BCUT2D eigenvalue weighted by molar-refractivity contribution is -0.176. The topological polar surface area (TPSA) is 162 Å². The maximum Gasteiger partial charge on any atom is 0.348 e. The van der Waals surface area contributed by atoms with Crippen molar-refractivity contribution in [1.82, 2.24) is 0 Å². The van der Waals surface area contributed by atoms with Gasteiger partial charge in [0.15, 0.2) is 17.6 Å². The summed E-state index contributed by atoms with van der Waals surface area (Å²) in [4.78, 5) is 32.7. The van der Waals surface area contributed by atoms with E-state index in [4.69, 9.17) is 20.4 Å². The van der Waals surface area contributed by atoms with Crippen LogP contribution in [0.15, 0.2) is 24.3 Å². The Morgan fingerprint density at radius 3 is 2.18 bits per heavy atom. The molecule has 9 nitrogen and oxygen atoms in total. The molecule has 0 aromatic heterocycles. The van der Waals surface area contributed by atoms with Crippen LogP contribution >= 0.6 is 0 Å². The smallest absolute Gasteiger partial charge is 0.348 e. The van der Waals surface area contributed by atoms with Crippen LogP contribution in [0.5, 0.6) is 11.5 Å². The average molecular weight is 312 g/mol. The number of rotatable bonds is 6. The predicted molar refractivity (Wildman–Crippen MR) is 70.0 cm³/mol. The van der Waals surface area contributed by atoms with Gasteiger partial charge in [0.05, 0.1) is 0 Å². The van der Waals surface area contributed by atoms with Crippen LogP contribution < -0.4 is 0 Å². The second-order valence-electron chi connectivity index (χ2n) is 4.06. The van der Waals surface area contributed by atoms with Crippen molar-refractivity contribution in [2.24, 2.45) is 0 Å². The Morgan fingerprint density at radius 1 is 1.05 bits per heavy atom. The first-order valence-corrected chi connectivity index (χ1v) is 5.76. The lowest BCUT2D eigenvalue weighted by Gasteiger charge is -2.15. The van der Waals surface area contributed by atoms with E-state index in [1.54, 1.807) is 0 Å². The van der Waals surface area contributed by atoms with Gasteiger partial charge in [-0.05, 0) is 23.8 Å². The van der Waals surface area contributed by atoms with Crippen molar-refractivity contribution in [2.75, 3.05) is 0 Å². The lowest BCUT2D eigenvalue weighted by atomic mass is 10.2. The molecule has 1 aromatic carbocycles. The summed E-state index contributed by atoms with van der Waals surface area (Å²) in [6.07, 6.45) is -2.76. The Kier molecular flexibility index (Phi) is 5.47. The monoisotopic (exact) mass is 312 g/mol. The molecule has 1 rings (SSSR count). The molecule has 0 aliphatic rings. The number of esters is 1. The van der Waals surface area contributed by atoms with E-state index in [1.165, 1.54) is 6.07 Å². The molecule has 0 fully saturated rings. The first-order chi connectivity index (χ1) is 10.2. The molecule has 0 aliphatic heterocycles. The second-order valence-corrected chi connectivity index (χ2v) is 4.06. The minimum atomic E-state index is -2.41. The van der Waals surface area contributed by atoms with Gasteiger partial charge in [0, 0.05) is 6.08 Å². The highest BCUT2D eigenvalue weighted by molar-refractivity contribution is 5.91. The van der Waals surface area contributed by atoms with Gasteiger partial charge in [-0.3, -0.25) is 0 Å². The van der Waals surface area contributed by atoms with Crippen LogP contribution in [0.2, 0.25) is 0 Å². The minimum absolute atomic E-state index is 0.290. The van der Waals surface area contributed by atoms with Crippen LogP contribution in [0.4, 0.5) is 0 Å². The molecule has 2 unspecified atom stereocenters. The Labute approximate surface area is 123 Å². The molecule has 9 heteroatoms. The van der Waals surface area contributed by atoms with Crippen molar-refractivity contribution in [2.45, 2.75) is 12.2 Å². The van der Waals surface area contributed by atoms with Crippen molar-refractivity contribution in [1.29, 1.82) is 0 Å². The number of hydrogen-bond donors (Lipinski definition) is 5. The highest BCUT2D eigenvalue weighted by atomic mass is 16.6. The number of ether oxygens (including phenoxy) is 1. The molecule has 118 valence electrons. The first-order valence-electron chi connectivity index (χ1n) is 5.76. The van der Waals surface area contributed by atoms with E-state index in [0.717, 1.165) is 24.3 Å². The molecule has 1 aromatic rings. The van der Waals surface area contributed by atoms with Crippen LogP contribution in [-0.4, -0.2) is 55.6 Å². The van der Waals surface area contributed by atoms with Gasteiger partial charge < -0.3 is 30.3 Å². The van der Waals surface area contributed by atoms with Gasteiger partial charge in [-0.1, -0.05) is 6.07 Å². The van der Waals surface area contributed by atoms with Crippen LogP contribution in [0.1, 0.15) is 5.56 Å². The van der Waals surface area contributed by atoms with E-state index < -0.39 is 35.9 Å². The number of carboxylic acids is 2. The summed E-state index contributed by atoms with van der Waals surface area (Å²) in [6.45, 7) is 0. The Hall–Kier alpha value is -3.07. The molecule has 0 aliphatic carbocycles. The van der Waals surface area contributed by atoms with E-state index in [0.29, 0.717) is 0 Å². The number of phenolic OH excluding ortho intramolecular Hbond substituents is 2. The number of hydrogen-bond acceptors (Lipinski definition) is 7. The minimum Gasteiger partial charge on any atom is -0.504 e. The molecule has 5 N–H and O–H groups in total. The number of phenols is 2. The zero-order valence-corrected chi connectivity index (χ0v) is 10.9. The van der Waals surface area contributed by atoms with Gasteiger partial charge >= 0.3 is 17.9 Å². The first kappa shape index (κ1) is 17.0. The second kappa shape index (κ2) is 7.09. The summed E-state index contributed by atoms with van der Waals surface area (Å²) in [5.74, 6) is -5.68. The Balaban J connectivity index is 2.78. The van der Waals surface area contributed by atoms with Crippen molar-refractivity contribution in [3.8, 4) is 11.5 Å². The third-order valence-electron chi connectivity index (χ3n) is 2.44. The maximum absolute atomic E-state index is 11.4. The molecule has 0 saturated carbocycles. The van der Waals surface area contributed by atoms with E-state index >= 15 is 0 Å². The highest BCUT2D eigenvalue weighted by Crippen LogP contribution is 2.25. The molecule has 0 radical (unpaired) electrons. The highest BCUT2D eigenvalue weighted by Gasteiger charge is 2.35. The molecular formula is C13H12O9. The van der Waals surface area contributed by atoms with E-state index in [9.17, 15) is 19.5 Å². The Morgan fingerprint density at radius 2 is 1.68 bits per heavy atom. The fourth-order valence-corrected chi connectivity index (χ4v) is 1.35. The predicted octanol–water partition coefficient (Wildman–Crippen LogP) is -0.447. The fraction of sp³-hybridized carbons (Fsp3) is 0.154. The molecule has 0 amide bonds. The van der Waals surface area contributed by atoms with Gasteiger partial charge in [-0.15, -0.1) is 0 Å². The zero-order valence-electron chi connectivity index (χ0n) is 10.9. The van der Waals surface area contributed by atoms with Gasteiger partial charge in [0.1, 0.15) is 0 Å². The third kappa shape index (κ3) is 4.49. The maximum atomic E-state index is 11.4. The number of aliphatic hydroxyl groups excluding tert-OH is 1. The standard InChI is InChI=1S/C13H12O9/c14-7-3-1-6(5-8(7)15)2-4-9(16)22-11(13(20)21)10(17)12(18)19/h1-5,10-11,14-15,17H,(H,18,19)(H,20,21)/b4-2+. The number of aliphatic hydroxyl groups is 1. The quantitative estimate of drug-likeness (QED) is 0.266. The summed E-state index contributed by atoms with van der Waals surface area (Å²) in [5, 5.41) is 44.7. The van der Waals surface area contributed by atoms with Crippen molar-refractivity contribution in [3.63, 3.8) is 0 Å². The van der Waals surface area contributed by atoms with Crippen LogP contribution in [0.25, 0.3) is 6.08 Å². The molecule has 0 spiro atoms. The largest absolute Gasteiger partial charge is 0.504 e. The number of benzene rings is 1. The molecule has 0 bridgehead atoms. The van der Waals surface area contributed by atoms with Gasteiger partial charge in [0.25, 0.3) is 0 Å². The average Bonchev–Trinajstić information content (AvgIpc) is 2.44. The number of carbonyl (C=O) groups is 3. The van der Waals surface area contributed by atoms with Crippen LogP contribution in [0, 0.1) is 0 Å². The van der Waals surface area contributed by atoms with Gasteiger partial charge in [-0.2, -0.15) is 0 Å². The van der Waals surface area contributed by atoms with Gasteiger partial charge in [0.2, 0.25) is 6.10 Å². The summed E-state index contributed by atoms with van der Waals surface area (Å²) < 4.78 is 4.34. The molecule has 0 heterocycles. The number of carbonyl (C=O) groups excluding carboxylic acids is 1. The zero-order chi connectivity index (χ0) is 16.9. The van der Waals surface area contributed by atoms with Crippen molar-refractivity contribution >= 4 is 24.0 Å². The summed E-state index contributed by atoms with van der Waals surface area (Å²) in [5.41, 5.74) is 0.290. The SMILES string of the molecule is O=C(/C=C/c1ccc(O)c(O)c1)OC(C(=O)O)C(O)C(=O)O. The van der Waals surface area contributed by atoms with Crippen molar-refractivity contribution < 1.29 is 44.7 Å².